The van der Waals surface area contributed by atoms with Crippen LogP contribution in [0.25, 0.3) is 0 Å². The van der Waals surface area contributed by atoms with Crippen molar-refractivity contribution in [1.82, 2.24) is 0 Å². The number of hydrogen-bond acceptors (Lipinski definition) is 5. The number of carbonyl (C=O) groups excluding carboxylic acids is 1. The highest BCUT2D eigenvalue weighted by atomic mass is 16.5. The summed E-state index contributed by atoms with van der Waals surface area (Å²) in [7, 11) is 0. The molecule has 2 aromatic rings. The normalized spacial score (nSPS) is 11.1. The number of benzene rings is 2. The van der Waals surface area contributed by atoms with E-state index in [0.717, 1.165) is 11.3 Å². The molecule has 5 heteroatoms. The molecule has 0 aliphatic carbocycles. The molecule has 0 unspecified atom stereocenters. The van der Waals surface area contributed by atoms with Crippen LogP contribution in [0.1, 0.15) is 12.5 Å². The number of esters is 1. The second-order valence-electron chi connectivity index (χ2n) is 4.71. The lowest BCUT2D eigenvalue weighted by Gasteiger charge is -2.14. The highest BCUT2D eigenvalue weighted by Crippen LogP contribution is 2.16. The van der Waals surface area contributed by atoms with Crippen LogP contribution in [0.4, 0.5) is 5.69 Å². The van der Waals surface area contributed by atoms with Gasteiger partial charge in [-0.15, -0.1) is 0 Å². The lowest BCUT2D eigenvalue weighted by molar-refractivity contribution is -0.138. The van der Waals surface area contributed by atoms with E-state index >= 15 is 0 Å². The van der Waals surface area contributed by atoms with E-state index in [9.17, 15) is 10.1 Å². The van der Waals surface area contributed by atoms with Crippen molar-refractivity contribution in [2.75, 3.05) is 11.6 Å². The monoisotopic (exact) mass is 319 g/mol. The van der Waals surface area contributed by atoms with Gasteiger partial charge in [-0.1, -0.05) is 48.5 Å². The van der Waals surface area contributed by atoms with E-state index in [1.165, 1.54) is 11.2 Å². The van der Waals surface area contributed by atoms with Gasteiger partial charge in [0.15, 0.2) is 5.57 Å². The summed E-state index contributed by atoms with van der Waals surface area (Å²) in [6, 6.07) is 20.7. The third kappa shape index (κ3) is 4.82. The first-order valence-electron chi connectivity index (χ1n) is 7.47. The Labute approximate surface area is 141 Å². The van der Waals surface area contributed by atoms with Crippen LogP contribution in [0.2, 0.25) is 0 Å². The molecule has 0 amide bonds. The van der Waals surface area contributed by atoms with Crippen LogP contribution in [0, 0.1) is 11.3 Å². The highest BCUT2D eigenvalue weighted by Gasteiger charge is 2.12. The van der Waals surface area contributed by atoms with Crippen molar-refractivity contribution >= 4 is 17.9 Å². The smallest absolute Gasteiger partial charge is 0.350 e. The Hall–Kier alpha value is -3.39. The van der Waals surface area contributed by atoms with Gasteiger partial charge in [0.05, 0.1) is 24.7 Å². The van der Waals surface area contributed by atoms with Gasteiger partial charge < -0.3 is 4.74 Å². The summed E-state index contributed by atoms with van der Waals surface area (Å²) in [6.07, 6.45) is 3.02. The number of ether oxygens (including phenoxy) is 1. The number of anilines is 1. The first-order valence-corrected chi connectivity index (χ1v) is 7.47. The predicted octanol–water partition coefficient (Wildman–Crippen LogP) is 3.50. The average Bonchev–Trinajstić information content (AvgIpc) is 2.63. The molecule has 24 heavy (non-hydrogen) atoms. The van der Waals surface area contributed by atoms with Gasteiger partial charge in [0, 0.05) is 0 Å². The molecule has 0 atom stereocenters. The number of nitriles is 1. The molecule has 0 N–H and O–H groups in total. The molecule has 5 nitrogen and oxygen atoms in total. The van der Waals surface area contributed by atoms with Crippen molar-refractivity contribution in [3.8, 4) is 6.07 Å². The fourth-order valence-electron chi connectivity index (χ4n) is 1.88. The molecular formula is C19H17N3O2. The van der Waals surface area contributed by atoms with Crippen LogP contribution in [0.3, 0.4) is 0 Å². The van der Waals surface area contributed by atoms with Crippen molar-refractivity contribution in [2.45, 2.75) is 6.92 Å². The fraction of sp³-hybridized carbons (Fsp3) is 0.105. The number of para-hydroxylation sites is 1. The summed E-state index contributed by atoms with van der Waals surface area (Å²) in [5.74, 6) is -0.671. The average molecular weight is 319 g/mol. The lowest BCUT2D eigenvalue weighted by atomic mass is 10.2. The van der Waals surface area contributed by atoms with Crippen LogP contribution in [0.15, 0.2) is 77.5 Å². The molecule has 0 spiro atoms. The Morgan fingerprint density at radius 2 is 1.79 bits per heavy atom. The molecule has 0 bridgehead atoms. The van der Waals surface area contributed by atoms with E-state index in [1.807, 2.05) is 66.7 Å². The van der Waals surface area contributed by atoms with Gasteiger partial charge in [-0.2, -0.15) is 10.4 Å². The van der Waals surface area contributed by atoms with Crippen LogP contribution >= 0.6 is 0 Å². The third-order valence-electron chi connectivity index (χ3n) is 3.02. The maximum atomic E-state index is 11.8. The first kappa shape index (κ1) is 17.0. The number of nitrogens with zero attached hydrogens (tertiary/aromatic N) is 3. The molecule has 0 saturated carbocycles. The van der Waals surface area contributed by atoms with E-state index in [2.05, 4.69) is 5.10 Å². The van der Waals surface area contributed by atoms with Crippen molar-refractivity contribution in [3.63, 3.8) is 0 Å². The second-order valence-corrected chi connectivity index (χ2v) is 4.71. The van der Waals surface area contributed by atoms with Gasteiger partial charge in [0.25, 0.3) is 0 Å². The molecule has 0 aliphatic heterocycles. The fourth-order valence-corrected chi connectivity index (χ4v) is 1.88. The van der Waals surface area contributed by atoms with E-state index in [1.54, 1.807) is 13.1 Å². The van der Waals surface area contributed by atoms with Crippen molar-refractivity contribution in [1.29, 1.82) is 5.26 Å². The Balaban J connectivity index is 2.35. The molecular weight excluding hydrogens is 302 g/mol. The van der Waals surface area contributed by atoms with Gasteiger partial charge >= 0.3 is 5.97 Å². The zero-order valence-electron chi connectivity index (χ0n) is 13.3. The largest absolute Gasteiger partial charge is 0.462 e. The minimum atomic E-state index is -0.671. The minimum absolute atomic E-state index is 0.120. The Morgan fingerprint density at radius 3 is 2.38 bits per heavy atom. The highest BCUT2D eigenvalue weighted by molar-refractivity contribution is 5.93. The molecule has 0 fully saturated rings. The molecule has 0 saturated heterocycles. The SMILES string of the molecule is CCOC(=O)/C(C#N)=C/N(/N=C/c1ccccc1)c1ccccc1. The molecule has 120 valence electrons. The maximum Gasteiger partial charge on any atom is 0.350 e. The number of rotatable bonds is 6. The first-order chi connectivity index (χ1) is 11.7. The van der Waals surface area contributed by atoms with Crippen molar-refractivity contribution in [2.24, 2.45) is 5.10 Å². The van der Waals surface area contributed by atoms with Crippen LogP contribution < -0.4 is 5.01 Å². The molecule has 2 rings (SSSR count). The van der Waals surface area contributed by atoms with E-state index in [0.29, 0.717) is 0 Å². The van der Waals surface area contributed by atoms with E-state index < -0.39 is 5.97 Å². The van der Waals surface area contributed by atoms with Gasteiger partial charge in [-0.3, -0.25) is 0 Å². The van der Waals surface area contributed by atoms with Crippen LogP contribution in [0.5, 0.6) is 0 Å². The number of hydrazone groups is 1. The second kappa shape index (κ2) is 8.91. The van der Waals surface area contributed by atoms with Crippen LogP contribution in [-0.4, -0.2) is 18.8 Å². The molecule has 0 radical (unpaired) electrons. The summed E-state index contributed by atoms with van der Waals surface area (Å²) in [5.41, 5.74) is 1.51. The Morgan fingerprint density at radius 1 is 1.17 bits per heavy atom. The standard InChI is InChI=1S/C19H17N3O2/c1-2-24-19(23)17(13-20)15-22(18-11-7-4-8-12-18)21-14-16-9-5-3-6-10-16/h3-12,14-15H,2H2,1H3/b17-15+,21-14+. The lowest BCUT2D eigenvalue weighted by Crippen LogP contribution is -2.14. The molecule has 0 aliphatic rings. The summed E-state index contributed by atoms with van der Waals surface area (Å²) in [5, 5.41) is 15.0. The van der Waals surface area contributed by atoms with Gasteiger partial charge in [-0.25, -0.2) is 9.80 Å². The maximum absolute atomic E-state index is 11.8. The van der Waals surface area contributed by atoms with Crippen LogP contribution in [-0.2, 0) is 9.53 Å². The number of hydrogen-bond donors (Lipinski definition) is 0. The van der Waals surface area contributed by atoms with Gasteiger partial charge in [-0.05, 0) is 24.6 Å². The summed E-state index contributed by atoms with van der Waals surface area (Å²) < 4.78 is 4.89. The van der Waals surface area contributed by atoms with E-state index in [4.69, 9.17) is 4.74 Å². The quantitative estimate of drug-likeness (QED) is 0.269. The molecule has 0 aromatic heterocycles. The summed E-state index contributed by atoms with van der Waals surface area (Å²) in [6.45, 7) is 1.89. The Bertz CT molecular complexity index is 762. The molecule has 0 heterocycles. The third-order valence-corrected chi connectivity index (χ3v) is 3.02. The van der Waals surface area contributed by atoms with E-state index in [-0.39, 0.29) is 12.2 Å². The zero-order chi connectivity index (χ0) is 17.2. The number of carbonyl (C=O) groups is 1. The summed E-state index contributed by atoms with van der Waals surface area (Å²) >= 11 is 0. The van der Waals surface area contributed by atoms with Gasteiger partial charge in [0.1, 0.15) is 6.07 Å². The topological polar surface area (TPSA) is 65.7 Å². The molecule has 2 aromatic carbocycles. The van der Waals surface area contributed by atoms with Crippen molar-refractivity contribution < 1.29 is 9.53 Å². The Kier molecular flexibility index (Phi) is 6.30. The predicted molar refractivity (Wildman–Crippen MR) is 93.3 cm³/mol. The summed E-state index contributed by atoms with van der Waals surface area (Å²) in [4.78, 5) is 11.8. The van der Waals surface area contributed by atoms with Gasteiger partial charge in [0.2, 0.25) is 0 Å². The zero-order valence-corrected chi connectivity index (χ0v) is 13.3. The van der Waals surface area contributed by atoms with Crippen molar-refractivity contribution in [3.05, 3.63) is 78.0 Å². The minimum Gasteiger partial charge on any atom is -0.462 e.